The van der Waals surface area contributed by atoms with Gasteiger partial charge in [-0.15, -0.1) is 0 Å². The van der Waals surface area contributed by atoms with Crippen molar-refractivity contribution in [2.75, 3.05) is 39.3 Å². The van der Waals surface area contributed by atoms with Crippen LogP contribution in [-0.4, -0.2) is 106 Å². The minimum absolute atomic E-state index is 0.0408. The molecule has 2 aliphatic carbocycles. The molecule has 2 saturated carbocycles. The minimum Gasteiger partial charge on any atom is -0.356 e. The van der Waals surface area contributed by atoms with Gasteiger partial charge in [0.05, 0.1) is 0 Å². The number of hydroxylamine groups is 6. The molecule has 15 heteroatoms. The quantitative estimate of drug-likeness (QED) is 0.0466. The van der Waals surface area contributed by atoms with Crippen molar-refractivity contribution in [2.24, 2.45) is 17.8 Å². The van der Waals surface area contributed by atoms with Crippen LogP contribution in [0.5, 0.6) is 0 Å². The molecule has 50 heavy (non-hydrogen) atoms. The fraction of sp³-hybridized carbons (Fsp3) is 0.829. The summed E-state index contributed by atoms with van der Waals surface area (Å²) in [6, 6.07) is 0. The predicted molar refractivity (Wildman–Crippen MR) is 183 cm³/mol. The van der Waals surface area contributed by atoms with Crippen molar-refractivity contribution in [1.29, 1.82) is 0 Å². The lowest BCUT2D eigenvalue weighted by Crippen LogP contribution is -2.38. The highest BCUT2D eigenvalue weighted by atomic mass is 16.5. The largest absolute Gasteiger partial charge is 0.356 e. The summed E-state index contributed by atoms with van der Waals surface area (Å²) < 4.78 is 0. The van der Waals surface area contributed by atoms with E-state index in [1.54, 1.807) is 0 Å². The summed E-state index contributed by atoms with van der Waals surface area (Å²) in [7, 11) is 0. The summed E-state index contributed by atoms with van der Waals surface area (Å²) in [6.07, 6.45) is 12.7. The van der Waals surface area contributed by atoms with Crippen molar-refractivity contribution in [3.63, 3.8) is 0 Å². The van der Waals surface area contributed by atoms with Crippen LogP contribution in [0.25, 0.3) is 0 Å². The highest BCUT2D eigenvalue weighted by Gasteiger charge is 2.34. The molecule has 2 unspecified atom stereocenters. The Bertz CT molecular complexity index is 1070. The maximum atomic E-state index is 12.6. The Morgan fingerprint density at radius 1 is 0.540 bits per heavy atom. The molecule has 2 atom stereocenters. The number of amides is 6. The zero-order valence-electron chi connectivity index (χ0n) is 30.0. The highest BCUT2D eigenvalue weighted by molar-refractivity contribution is 5.83. The van der Waals surface area contributed by atoms with E-state index >= 15 is 0 Å². The molecule has 15 nitrogen and oxygen atoms in total. The van der Waals surface area contributed by atoms with E-state index in [0.717, 1.165) is 25.7 Å². The molecule has 0 heterocycles. The third-order valence-corrected chi connectivity index (χ3v) is 9.65. The van der Waals surface area contributed by atoms with E-state index in [0.29, 0.717) is 91.6 Å². The molecule has 2 bridgehead atoms. The summed E-state index contributed by atoms with van der Waals surface area (Å²) >= 11 is 0. The number of unbranched alkanes of at least 4 members (excludes halogenated alkanes) is 6. The second kappa shape index (κ2) is 24.8. The smallest absolute Gasteiger partial charge is 0.246 e. The van der Waals surface area contributed by atoms with E-state index in [1.165, 1.54) is 32.6 Å². The Hall–Kier alpha value is -3.30. The molecule has 0 radical (unpaired) electrons. The van der Waals surface area contributed by atoms with E-state index in [4.69, 9.17) is 0 Å². The monoisotopic (exact) mass is 710 g/mol. The second-order valence-electron chi connectivity index (χ2n) is 13.9. The van der Waals surface area contributed by atoms with Crippen molar-refractivity contribution >= 4 is 35.4 Å². The lowest BCUT2D eigenvalue weighted by Gasteiger charge is -2.38. The Kier molecular flexibility index (Phi) is 21.2. The van der Waals surface area contributed by atoms with Gasteiger partial charge in [-0.2, -0.15) is 0 Å². The first-order valence-corrected chi connectivity index (χ1v) is 18.7. The molecule has 0 aliphatic heterocycles. The van der Waals surface area contributed by atoms with Crippen LogP contribution in [0.3, 0.4) is 0 Å². The van der Waals surface area contributed by atoms with Gasteiger partial charge in [0, 0.05) is 77.8 Å². The number of carbonyl (C=O) groups is 6. The van der Waals surface area contributed by atoms with E-state index in [1.807, 2.05) is 0 Å². The molecule has 6 N–H and O–H groups in total. The summed E-state index contributed by atoms with van der Waals surface area (Å²) in [5.41, 5.74) is 0. The first-order valence-electron chi connectivity index (χ1n) is 18.7. The van der Waals surface area contributed by atoms with Crippen molar-refractivity contribution in [1.82, 2.24) is 31.1 Å². The first-order chi connectivity index (χ1) is 24.0. The Labute approximate surface area is 296 Å². The fourth-order valence-corrected chi connectivity index (χ4v) is 6.73. The zero-order chi connectivity index (χ0) is 36.7. The number of hydrogen-bond donors (Lipinski definition) is 6. The van der Waals surface area contributed by atoms with Crippen LogP contribution in [-0.2, 0) is 28.8 Å². The third-order valence-electron chi connectivity index (χ3n) is 9.65. The van der Waals surface area contributed by atoms with Gasteiger partial charge in [0.1, 0.15) is 0 Å². The van der Waals surface area contributed by atoms with Crippen LogP contribution in [0.15, 0.2) is 0 Å². The highest BCUT2D eigenvalue weighted by Crippen LogP contribution is 2.42. The molecule has 0 saturated heterocycles. The molecule has 0 aromatic carbocycles. The number of nitrogens with one attached hydrogen (secondary N) is 3. The molecule has 6 amide bonds. The van der Waals surface area contributed by atoms with Crippen LogP contribution in [0.1, 0.15) is 129 Å². The number of carbonyl (C=O) groups excluding carboxylic acids is 6. The van der Waals surface area contributed by atoms with Gasteiger partial charge in [0.2, 0.25) is 35.4 Å². The lowest BCUT2D eigenvalue weighted by atomic mass is 9.68. The number of rotatable bonds is 25. The molecule has 2 aliphatic rings. The van der Waals surface area contributed by atoms with Crippen LogP contribution < -0.4 is 16.0 Å². The van der Waals surface area contributed by atoms with Gasteiger partial charge in [-0.05, 0) is 88.9 Å². The average molecular weight is 711 g/mol. The van der Waals surface area contributed by atoms with Gasteiger partial charge in [-0.25, -0.2) is 15.2 Å². The van der Waals surface area contributed by atoms with Gasteiger partial charge < -0.3 is 16.0 Å². The van der Waals surface area contributed by atoms with E-state index < -0.39 is 17.7 Å². The van der Waals surface area contributed by atoms with Crippen LogP contribution in [0.4, 0.5) is 0 Å². The minimum atomic E-state index is -0.553. The SMILES string of the molecule is CC(=O)N(O)CCCCCNC(=O)CCC(=O)N(O)CCCCCNC(=O)CCC(=O)N(O)CCCCCNC(=O)C1CC2CCCC(C2)C1. The molecule has 286 valence electrons. The molecule has 2 fully saturated rings. The van der Waals surface area contributed by atoms with E-state index in [2.05, 4.69) is 16.0 Å². The molecule has 0 spiro atoms. The Balaban J connectivity index is 1.39. The molecule has 0 aromatic heterocycles. The van der Waals surface area contributed by atoms with Gasteiger partial charge in [-0.1, -0.05) is 19.3 Å². The lowest BCUT2D eigenvalue weighted by molar-refractivity contribution is -0.166. The van der Waals surface area contributed by atoms with Crippen LogP contribution in [0.2, 0.25) is 0 Å². The van der Waals surface area contributed by atoms with Crippen molar-refractivity contribution in [3.05, 3.63) is 0 Å². The topological polar surface area (TPSA) is 209 Å². The summed E-state index contributed by atoms with van der Waals surface area (Å²) in [4.78, 5) is 71.8. The zero-order valence-corrected chi connectivity index (χ0v) is 30.0. The average Bonchev–Trinajstić information content (AvgIpc) is 3.09. The van der Waals surface area contributed by atoms with Crippen LogP contribution in [0, 0.1) is 17.8 Å². The number of nitrogens with zero attached hydrogens (tertiary/aromatic N) is 3. The molecular formula is C35H62N6O9. The van der Waals surface area contributed by atoms with E-state index in [-0.39, 0.29) is 69.0 Å². The standard InChI is InChI=1S/C35H62N6O9/c1-27(42)39(48)21-8-2-5-18-36-31(43)14-16-33(45)40(49)22-9-3-6-19-37-32(44)15-17-34(46)41(50)23-10-4-7-20-38-35(47)30-25-28-12-11-13-29(24-28)26-30/h28-30,48-50H,2-26H2,1H3,(H,36,43)(H,37,44)(H,38,47). The summed E-state index contributed by atoms with van der Waals surface area (Å²) in [5.74, 6) is -0.347. The van der Waals surface area contributed by atoms with Crippen molar-refractivity contribution < 1.29 is 44.4 Å². The van der Waals surface area contributed by atoms with Gasteiger partial charge in [0.25, 0.3) is 0 Å². The third kappa shape index (κ3) is 18.6. The van der Waals surface area contributed by atoms with Gasteiger partial charge >= 0.3 is 0 Å². The Morgan fingerprint density at radius 3 is 1.40 bits per heavy atom. The summed E-state index contributed by atoms with van der Waals surface area (Å²) in [5, 5.41) is 39.7. The second-order valence-corrected chi connectivity index (χ2v) is 13.9. The van der Waals surface area contributed by atoms with Crippen molar-refractivity contribution in [2.45, 2.75) is 129 Å². The molecule has 0 aromatic rings. The molecule has 2 rings (SSSR count). The predicted octanol–water partition coefficient (Wildman–Crippen LogP) is 3.30. The van der Waals surface area contributed by atoms with Crippen LogP contribution >= 0.6 is 0 Å². The fourth-order valence-electron chi connectivity index (χ4n) is 6.73. The number of fused-ring (bicyclic) bond motifs is 2. The normalized spacial score (nSPS) is 18.1. The van der Waals surface area contributed by atoms with Crippen molar-refractivity contribution in [3.8, 4) is 0 Å². The number of hydrogen-bond acceptors (Lipinski definition) is 9. The molecular weight excluding hydrogens is 648 g/mol. The van der Waals surface area contributed by atoms with Gasteiger partial charge in [0.15, 0.2) is 0 Å². The van der Waals surface area contributed by atoms with E-state index in [9.17, 15) is 44.4 Å². The van der Waals surface area contributed by atoms with Gasteiger partial charge in [-0.3, -0.25) is 44.4 Å². The first kappa shape index (κ1) is 42.9. The summed E-state index contributed by atoms with van der Waals surface area (Å²) in [6.45, 7) is 3.18. The maximum Gasteiger partial charge on any atom is 0.246 e. The Morgan fingerprint density at radius 2 is 0.960 bits per heavy atom. The maximum absolute atomic E-state index is 12.6.